The Morgan fingerprint density at radius 3 is 2.03 bits per heavy atom. The molecule has 13 heteroatoms. The average Bonchev–Trinajstić information content (AvgIpc) is 2.81. The summed E-state index contributed by atoms with van der Waals surface area (Å²) in [5.74, 6) is 0. The van der Waals surface area contributed by atoms with E-state index in [1.807, 2.05) is 25.1 Å². The van der Waals surface area contributed by atoms with Gasteiger partial charge in [0.25, 0.3) is 20.0 Å². The van der Waals surface area contributed by atoms with E-state index in [9.17, 15) is 30.0 Å². The molecule has 0 amide bonds. The minimum absolute atomic E-state index is 0.0666. The van der Waals surface area contributed by atoms with Gasteiger partial charge in [0.1, 0.15) is 0 Å². The second-order valence-corrected chi connectivity index (χ2v) is 12.1. The van der Waals surface area contributed by atoms with Crippen molar-refractivity contribution in [1.82, 2.24) is 0 Å². The van der Waals surface area contributed by atoms with E-state index in [0.717, 1.165) is 28.3 Å². The molecule has 3 aromatic carbocycles. The first-order valence-corrected chi connectivity index (χ1v) is 14.1. The molecule has 36 heavy (non-hydrogen) atoms. The smallest absolute Gasteiger partial charge is 0.396 e. The van der Waals surface area contributed by atoms with E-state index in [2.05, 4.69) is 0 Å². The summed E-state index contributed by atoms with van der Waals surface area (Å²) in [4.78, 5) is 2.47. The van der Waals surface area contributed by atoms with Crippen LogP contribution in [0.3, 0.4) is 0 Å². The van der Waals surface area contributed by atoms with Crippen molar-refractivity contribution in [2.45, 2.75) is 38.4 Å². The number of fused-ring (bicyclic) bond motifs is 2. The quantitative estimate of drug-likeness (QED) is 0.409. The van der Waals surface area contributed by atoms with Crippen LogP contribution < -0.4 is 4.90 Å². The van der Waals surface area contributed by atoms with Crippen LogP contribution in [0.2, 0.25) is 0 Å². The molecule has 1 aliphatic heterocycles. The number of benzene rings is 3. The van der Waals surface area contributed by atoms with Gasteiger partial charge in [0.2, 0.25) is 0 Å². The van der Waals surface area contributed by atoms with Crippen molar-refractivity contribution >= 4 is 43.1 Å². The lowest BCUT2D eigenvalue weighted by Crippen LogP contribution is -2.25. The molecule has 0 fully saturated rings. The van der Waals surface area contributed by atoms with Crippen LogP contribution in [-0.4, -0.2) is 45.2 Å². The number of halogens is 3. The Bertz CT molecular complexity index is 1440. The van der Waals surface area contributed by atoms with E-state index in [0.29, 0.717) is 23.5 Å². The van der Waals surface area contributed by atoms with E-state index in [-0.39, 0.29) is 11.5 Å². The summed E-state index contributed by atoms with van der Waals surface area (Å²) in [5, 5.41) is 9.11. The number of hydrogen-bond donors (Lipinski definition) is 2. The zero-order chi connectivity index (χ0) is 26.7. The zero-order valence-electron chi connectivity index (χ0n) is 18.8. The van der Waals surface area contributed by atoms with Crippen LogP contribution in [0.25, 0.3) is 0 Å². The number of rotatable bonds is 5. The number of aliphatic hydroxyl groups is 1. The van der Waals surface area contributed by atoms with Gasteiger partial charge in [-0.15, -0.1) is 0 Å². The van der Waals surface area contributed by atoms with Crippen molar-refractivity contribution in [2.75, 3.05) is 18.1 Å². The molecule has 0 radical (unpaired) electrons. The predicted octanol–water partition coefficient (Wildman–Crippen LogP) is 5.21. The van der Waals surface area contributed by atoms with Gasteiger partial charge in [-0.3, -0.25) is 4.55 Å². The highest BCUT2D eigenvalue weighted by atomic mass is 32.2. The number of hydrogen-bond acceptors (Lipinski definition) is 7. The molecule has 7 nitrogen and oxygen atoms in total. The zero-order valence-corrected chi connectivity index (χ0v) is 21.3. The third-order valence-corrected chi connectivity index (χ3v) is 8.55. The number of aryl methyl sites for hydroxylation is 1. The summed E-state index contributed by atoms with van der Waals surface area (Å²) >= 11 is 1.37. The molecule has 0 unspecified atom stereocenters. The SMILES string of the molecule is Cc1ccc(S(=O)(=O)O)cc1.O=S(=O)(c1ccc2c(c1)N(CCCO)c1ccccc1S2)C(F)(F)F. The number of alkyl halides is 3. The molecule has 1 aliphatic rings. The third-order valence-electron chi connectivity index (χ3n) is 5.07. The number of aliphatic hydroxyl groups excluding tert-OH is 1. The molecule has 0 aliphatic carbocycles. The molecule has 1 heterocycles. The Labute approximate surface area is 211 Å². The van der Waals surface area contributed by atoms with E-state index < -0.39 is 30.4 Å². The minimum atomic E-state index is -5.42. The number of para-hydroxylation sites is 1. The number of anilines is 2. The highest BCUT2D eigenvalue weighted by Crippen LogP contribution is 2.49. The maximum atomic E-state index is 12.9. The van der Waals surface area contributed by atoms with Crippen molar-refractivity contribution in [3.63, 3.8) is 0 Å². The normalized spacial score (nSPS) is 13.3. The van der Waals surface area contributed by atoms with Gasteiger partial charge >= 0.3 is 5.51 Å². The lowest BCUT2D eigenvalue weighted by molar-refractivity contribution is -0.0436. The molecule has 0 aromatic heterocycles. The Morgan fingerprint density at radius 1 is 0.861 bits per heavy atom. The number of sulfone groups is 1. The standard InChI is InChI=1S/C16H14F3NO3S2.C7H8O3S/c17-16(18,19)25(22,23)11-6-7-15-13(10-11)20(8-3-9-21)12-4-1-2-5-14(12)24-15;1-6-2-4-7(5-3-6)11(8,9)10/h1-2,4-7,10,21H,3,8-9H2;2-5H,1H3,(H,8,9,10). The van der Waals surface area contributed by atoms with Crippen LogP contribution in [-0.2, 0) is 20.0 Å². The fraction of sp³-hybridized carbons (Fsp3) is 0.217. The monoisotopic (exact) mass is 561 g/mol. The third kappa shape index (κ3) is 6.21. The first kappa shape index (κ1) is 28.0. The van der Waals surface area contributed by atoms with Gasteiger partial charge in [0.05, 0.1) is 21.2 Å². The molecule has 3 aromatic rings. The van der Waals surface area contributed by atoms with Crippen LogP contribution >= 0.6 is 11.8 Å². The van der Waals surface area contributed by atoms with Crippen LogP contribution in [0.5, 0.6) is 0 Å². The fourth-order valence-electron chi connectivity index (χ4n) is 3.29. The molecular weight excluding hydrogens is 539 g/mol. The van der Waals surface area contributed by atoms with E-state index in [4.69, 9.17) is 9.66 Å². The number of nitrogens with zero attached hydrogens (tertiary/aromatic N) is 1. The Hall–Kier alpha value is -2.58. The topological polar surface area (TPSA) is 112 Å². The molecule has 0 saturated carbocycles. The summed E-state index contributed by atoms with van der Waals surface area (Å²) in [6, 6.07) is 16.8. The summed E-state index contributed by atoms with van der Waals surface area (Å²) < 4.78 is 91.5. The first-order chi connectivity index (χ1) is 16.8. The second kappa shape index (κ2) is 10.8. The Kier molecular flexibility index (Phi) is 8.41. The molecule has 0 saturated heterocycles. The van der Waals surface area contributed by atoms with E-state index >= 15 is 0 Å². The van der Waals surface area contributed by atoms with Crippen molar-refractivity contribution in [1.29, 1.82) is 0 Å². The molecule has 0 bridgehead atoms. The summed E-state index contributed by atoms with van der Waals surface area (Å²) in [5.41, 5.74) is -3.23. The molecule has 2 N–H and O–H groups in total. The summed E-state index contributed by atoms with van der Waals surface area (Å²) in [6.07, 6.45) is 0.398. The van der Waals surface area contributed by atoms with Crippen molar-refractivity contribution in [3.05, 3.63) is 72.3 Å². The molecule has 0 spiro atoms. The highest BCUT2D eigenvalue weighted by Gasteiger charge is 2.47. The maximum absolute atomic E-state index is 12.9. The minimum Gasteiger partial charge on any atom is -0.396 e. The fourth-order valence-corrected chi connectivity index (χ4v) is 5.63. The molecule has 194 valence electrons. The lowest BCUT2D eigenvalue weighted by atomic mass is 10.2. The largest absolute Gasteiger partial charge is 0.501 e. The molecule has 0 atom stereocenters. The van der Waals surface area contributed by atoms with Gasteiger partial charge in [0, 0.05) is 22.9 Å². The Balaban J connectivity index is 0.000000275. The average molecular weight is 562 g/mol. The van der Waals surface area contributed by atoms with Crippen molar-refractivity contribution in [3.8, 4) is 0 Å². The van der Waals surface area contributed by atoms with E-state index in [1.54, 1.807) is 23.1 Å². The van der Waals surface area contributed by atoms with Crippen molar-refractivity contribution in [2.24, 2.45) is 0 Å². The van der Waals surface area contributed by atoms with Crippen LogP contribution in [0.15, 0.2) is 86.3 Å². The highest BCUT2D eigenvalue weighted by molar-refractivity contribution is 7.99. The van der Waals surface area contributed by atoms with Gasteiger partial charge in [0.15, 0.2) is 0 Å². The van der Waals surface area contributed by atoms with Gasteiger partial charge < -0.3 is 10.0 Å². The van der Waals surface area contributed by atoms with Gasteiger partial charge in [-0.25, -0.2) is 8.42 Å². The maximum Gasteiger partial charge on any atom is 0.501 e. The summed E-state index contributed by atoms with van der Waals surface area (Å²) in [6.45, 7) is 2.12. The van der Waals surface area contributed by atoms with Crippen LogP contribution in [0.4, 0.5) is 24.5 Å². The molecule has 4 rings (SSSR count). The van der Waals surface area contributed by atoms with Gasteiger partial charge in [-0.2, -0.15) is 21.6 Å². The van der Waals surface area contributed by atoms with Gasteiger partial charge in [-0.1, -0.05) is 41.6 Å². The van der Waals surface area contributed by atoms with E-state index in [1.165, 1.54) is 30.0 Å². The van der Waals surface area contributed by atoms with Crippen LogP contribution in [0, 0.1) is 6.92 Å². The second-order valence-electron chi connectivity index (χ2n) is 7.67. The summed E-state index contributed by atoms with van der Waals surface area (Å²) in [7, 11) is -9.44. The predicted molar refractivity (Wildman–Crippen MR) is 130 cm³/mol. The lowest BCUT2D eigenvalue weighted by Gasteiger charge is -2.33. The van der Waals surface area contributed by atoms with Crippen molar-refractivity contribution < 1.29 is 39.7 Å². The molecular formula is C23H22F3NO6S3. The Morgan fingerprint density at radius 2 is 1.44 bits per heavy atom. The van der Waals surface area contributed by atoms with Gasteiger partial charge in [-0.05, 0) is 55.8 Å². The first-order valence-electron chi connectivity index (χ1n) is 10.4. The van der Waals surface area contributed by atoms with Crippen LogP contribution in [0.1, 0.15) is 12.0 Å².